The van der Waals surface area contributed by atoms with Crippen molar-refractivity contribution in [1.82, 2.24) is 9.78 Å². The summed E-state index contributed by atoms with van der Waals surface area (Å²) in [6.07, 6.45) is -3.91. The molecule has 1 aliphatic heterocycles. The van der Waals surface area contributed by atoms with Gasteiger partial charge in [-0.05, 0) is 17.7 Å². The third-order valence-electron chi connectivity index (χ3n) is 3.53. The van der Waals surface area contributed by atoms with Crippen molar-refractivity contribution in [3.63, 3.8) is 0 Å². The Balaban J connectivity index is 1.94. The second-order valence-electron chi connectivity index (χ2n) is 5.08. The molecule has 0 saturated carbocycles. The molecule has 1 aromatic heterocycles. The number of benzene rings is 1. The van der Waals surface area contributed by atoms with Crippen molar-refractivity contribution in [3.05, 3.63) is 46.6 Å². The van der Waals surface area contributed by atoms with Gasteiger partial charge in [0.05, 0.1) is 18.7 Å². The molecule has 0 saturated heterocycles. The van der Waals surface area contributed by atoms with Gasteiger partial charge < -0.3 is 5.32 Å². The Hall–Kier alpha value is -2.02. The maximum Gasteiger partial charge on any atom is 0.396 e. The SMILES string of the molecule is O=C1C[C@H](C(F)(F)F)c2cnn(Cc3ccc(Cl)cc3)c2N1. The lowest BCUT2D eigenvalue weighted by atomic mass is 9.94. The summed E-state index contributed by atoms with van der Waals surface area (Å²) in [6.45, 7) is 0.247. The molecule has 1 atom stereocenters. The fourth-order valence-electron chi connectivity index (χ4n) is 2.44. The van der Waals surface area contributed by atoms with Crippen molar-refractivity contribution in [3.8, 4) is 0 Å². The maximum atomic E-state index is 13.0. The molecule has 1 aliphatic rings. The van der Waals surface area contributed by atoms with Gasteiger partial charge in [-0.2, -0.15) is 18.3 Å². The Bertz CT molecular complexity index is 709. The van der Waals surface area contributed by atoms with Gasteiger partial charge in [-0.15, -0.1) is 0 Å². The van der Waals surface area contributed by atoms with E-state index in [1.165, 1.54) is 10.9 Å². The van der Waals surface area contributed by atoms with Crippen molar-refractivity contribution < 1.29 is 18.0 Å². The summed E-state index contributed by atoms with van der Waals surface area (Å²) in [5, 5.41) is 7.03. The van der Waals surface area contributed by atoms with Gasteiger partial charge in [0.25, 0.3) is 0 Å². The van der Waals surface area contributed by atoms with Gasteiger partial charge in [0, 0.05) is 17.0 Å². The van der Waals surface area contributed by atoms with E-state index in [0.717, 1.165) is 5.56 Å². The number of fused-ring (bicyclic) bond motifs is 1. The summed E-state index contributed by atoms with van der Waals surface area (Å²) in [5.41, 5.74) is 0.819. The lowest BCUT2D eigenvalue weighted by Crippen LogP contribution is -2.32. The summed E-state index contributed by atoms with van der Waals surface area (Å²) in [6, 6.07) is 6.87. The minimum absolute atomic E-state index is 0.000985. The summed E-state index contributed by atoms with van der Waals surface area (Å²) < 4.78 is 40.5. The smallest absolute Gasteiger partial charge is 0.311 e. The Morgan fingerprint density at radius 2 is 2.00 bits per heavy atom. The lowest BCUT2D eigenvalue weighted by Gasteiger charge is -2.25. The summed E-state index contributed by atoms with van der Waals surface area (Å²) >= 11 is 5.79. The number of nitrogens with one attached hydrogen (secondary N) is 1. The van der Waals surface area contributed by atoms with Crippen molar-refractivity contribution in [1.29, 1.82) is 0 Å². The molecule has 3 rings (SSSR count). The van der Waals surface area contributed by atoms with Crippen LogP contribution in [0.1, 0.15) is 23.5 Å². The molecule has 4 nitrogen and oxygen atoms in total. The first-order valence-electron chi connectivity index (χ1n) is 6.51. The van der Waals surface area contributed by atoms with Gasteiger partial charge in [-0.1, -0.05) is 23.7 Å². The highest BCUT2D eigenvalue weighted by Gasteiger charge is 2.46. The minimum Gasteiger partial charge on any atom is -0.311 e. The summed E-state index contributed by atoms with van der Waals surface area (Å²) in [7, 11) is 0. The molecular formula is C14H11ClF3N3O. The highest BCUT2D eigenvalue weighted by atomic mass is 35.5. The van der Waals surface area contributed by atoms with Crippen LogP contribution in [0.25, 0.3) is 0 Å². The minimum atomic E-state index is -4.47. The molecular weight excluding hydrogens is 319 g/mol. The van der Waals surface area contributed by atoms with Gasteiger partial charge in [-0.3, -0.25) is 4.79 Å². The second-order valence-corrected chi connectivity index (χ2v) is 5.52. The van der Waals surface area contributed by atoms with Gasteiger partial charge >= 0.3 is 6.18 Å². The van der Waals surface area contributed by atoms with E-state index < -0.39 is 24.4 Å². The number of aromatic nitrogens is 2. The van der Waals surface area contributed by atoms with E-state index in [1.54, 1.807) is 24.3 Å². The number of carbonyl (C=O) groups excluding carboxylic acids is 1. The number of amides is 1. The molecule has 0 bridgehead atoms. The van der Waals surface area contributed by atoms with E-state index in [2.05, 4.69) is 10.4 Å². The van der Waals surface area contributed by atoms with E-state index in [1.807, 2.05) is 0 Å². The van der Waals surface area contributed by atoms with E-state index in [4.69, 9.17) is 11.6 Å². The van der Waals surface area contributed by atoms with E-state index in [0.29, 0.717) is 5.02 Å². The molecule has 116 valence electrons. The van der Waals surface area contributed by atoms with Crippen LogP contribution in [0.2, 0.25) is 5.02 Å². The molecule has 2 aromatic rings. The molecule has 0 spiro atoms. The average molecular weight is 330 g/mol. The van der Waals surface area contributed by atoms with Crippen LogP contribution in [0.15, 0.2) is 30.5 Å². The fourth-order valence-corrected chi connectivity index (χ4v) is 2.57. The number of anilines is 1. The molecule has 0 unspecified atom stereocenters. The highest BCUT2D eigenvalue weighted by Crippen LogP contribution is 2.43. The topological polar surface area (TPSA) is 46.9 Å². The van der Waals surface area contributed by atoms with Gasteiger partial charge in [0.1, 0.15) is 5.82 Å². The number of rotatable bonds is 2. The highest BCUT2D eigenvalue weighted by molar-refractivity contribution is 6.30. The third-order valence-corrected chi connectivity index (χ3v) is 3.78. The zero-order valence-electron chi connectivity index (χ0n) is 11.2. The van der Waals surface area contributed by atoms with Gasteiger partial charge in [0.2, 0.25) is 5.91 Å². The molecule has 1 N–H and O–H groups in total. The van der Waals surface area contributed by atoms with Crippen LogP contribution < -0.4 is 5.32 Å². The van der Waals surface area contributed by atoms with Crippen molar-refractivity contribution in [2.45, 2.75) is 25.1 Å². The Morgan fingerprint density at radius 3 is 2.64 bits per heavy atom. The summed E-state index contributed by atoms with van der Waals surface area (Å²) in [4.78, 5) is 11.6. The maximum absolute atomic E-state index is 13.0. The molecule has 0 fully saturated rings. The van der Waals surface area contributed by atoms with Crippen molar-refractivity contribution in [2.75, 3.05) is 5.32 Å². The van der Waals surface area contributed by atoms with Crippen LogP contribution in [-0.2, 0) is 11.3 Å². The van der Waals surface area contributed by atoms with Crippen molar-refractivity contribution in [2.24, 2.45) is 0 Å². The number of alkyl halides is 3. The van der Waals surface area contributed by atoms with E-state index in [-0.39, 0.29) is 17.9 Å². The van der Waals surface area contributed by atoms with Gasteiger partial charge in [0.15, 0.2) is 0 Å². The average Bonchev–Trinajstić information content (AvgIpc) is 2.82. The number of halogens is 4. The molecule has 2 heterocycles. The van der Waals surface area contributed by atoms with E-state index >= 15 is 0 Å². The monoisotopic (exact) mass is 329 g/mol. The van der Waals surface area contributed by atoms with Crippen LogP contribution in [0.4, 0.5) is 19.0 Å². The number of nitrogens with zero attached hydrogens (tertiary/aromatic N) is 2. The standard InChI is InChI=1S/C14H11ClF3N3O/c15-9-3-1-8(2-4-9)7-21-13-10(6-19-21)11(14(16,17)18)5-12(22)20-13/h1-4,6,11H,5,7H2,(H,20,22)/t11-/m0/s1. The van der Waals surface area contributed by atoms with Crippen LogP contribution in [0, 0.1) is 0 Å². The third kappa shape index (κ3) is 2.81. The zero-order chi connectivity index (χ0) is 15.9. The quantitative estimate of drug-likeness (QED) is 0.915. The van der Waals surface area contributed by atoms with Gasteiger partial charge in [-0.25, -0.2) is 4.68 Å². The molecule has 1 amide bonds. The van der Waals surface area contributed by atoms with E-state index in [9.17, 15) is 18.0 Å². The zero-order valence-corrected chi connectivity index (χ0v) is 11.9. The Labute approximate surface area is 128 Å². The number of carbonyl (C=O) groups is 1. The number of hydrogen-bond acceptors (Lipinski definition) is 2. The molecule has 0 radical (unpaired) electrons. The predicted octanol–water partition coefficient (Wildman–Crippen LogP) is 3.57. The van der Waals surface area contributed by atoms with Crippen LogP contribution in [-0.4, -0.2) is 21.9 Å². The molecule has 22 heavy (non-hydrogen) atoms. The first-order valence-corrected chi connectivity index (χ1v) is 6.89. The van der Waals surface area contributed by atoms with Crippen LogP contribution >= 0.6 is 11.6 Å². The second kappa shape index (κ2) is 5.31. The van der Waals surface area contributed by atoms with Crippen LogP contribution in [0.5, 0.6) is 0 Å². The Morgan fingerprint density at radius 1 is 1.32 bits per heavy atom. The fraction of sp³-hybridized carbons (Fsp3) is 0.286. The van der Waals surface area contributed by atoms with Crippen LogP contribution in [0.3, 0.4) is 0 Å². The number of hydrogen-bond donors (Lipinski definition) is 1. The first-order chi connectivity index (χ1) is 10.3. The normalized spacial score (nSPS) is 18.0. The first kappa shape index (κ1) is 14.9. The Kier molecular flexibility index (Phi) is 3.60. The predicted molar refractivity (Wildman–Crippen MR) is 74.8 cm³/mol. The molecule has 1 aromatic carbocycles. The van der Waals surface area contributed by atoms with Crippen molar-refractivity contribution >= 4 is 23.3 Å². The summed E-state index contributed by atoms with van der Waals surface area (Å²) in [5.74, 6) is -2.36. The molecule has 0 aliphatic carbocycles. The lowest BCUT2D eigenvalue weighted by molar-refractivity contribution is -0.156. The largest absolute Gasteiger partial charge is 0.396 e. The molecule has 8 heteroatoms.